The number of carbonyl (C=O) groups excluding carboxylic acids is 1. The first-order valence-corrected chi connectivity index (χ1v) is 9.84. The molecule has 3 aromatic rings. The molecule has 1 N–H and O–H groups in total. The van der Waals surface area contributed by atoms with E-state index in [9.17, 15) is 9.18 Å². The van der Waals surface area contributed by atoms with Crippen molar-refractivity contribution in [3.63, 3.8) is 0 Å². The summed E-state index contributed by atoms with van der Waals surface area (Å²) in [6.45, 7) is 3.68. The highest BCUT2D eigenvalue weighted by Gasteiger charge is 2.41. The van der Waals surface area contributed by atoms with Crippen molar-refractivity contribution in [1.29, 1.82) is 0 Å². The highest BCUT2D eigenvalue weighted by molar-refractivity contribution is 6.42. The predicted octanol–water partition coefficient (Wildman–Crippen LogP) is 5.40. The molecule has 0 bridgehead atoms. The van der Waals surface area contributed by atoms with Crippen molar-refractivity contribution in [2.75, 3.05) is 18.4 Å². The topological polar surface area (TPSA) is 58.1 Å². The van der Waals surface area contributed by atoms with Gasteiger partial charge in [-0.15, -0.1) is 0 Å². The van der Waals surface area contributed by atoms with Crippen LogP contribution in [0.15, 0.2) is 49.3 Å². The molecular weight excluding hydrogens is 433 g/mol. The van der Waals surface area contributed by atoms with Crippen molar-refractivity contribution in [3.05, 3.63) is 70.7 Å². The van der Waals surface area contributed by atoms with Gasteiger partial charge in [0, 0.05) is 18.4 Å². The lowest BCUT2D eigenvalue weighted by molar-refractivity contribution is -0.125. The molecule has 4 rings (SSSR count). The lowest BCUT2D eigenvalue weighted by Crippen LogP contribution is -2.30. The van der Waals surface area contributed by atoms with E-state index in [1.54, 1.807) is 18.2 Å². The van der Waals surface area contributed by atoms with Crippen LogP contribution in [0.4, 0.5) is 20.3 Å². The smallest absolute Gasteiger partial charge is 0.246 e. The van der Waals surface area contributed by atoms with Gasteiger partial charge in [0.1, 0.15) is 12.1 Å². The average Bonchev–Trinajstić information content (AvgIpc) is 3.17. The van der Waals surface area contributed by atoms with Crippen LogP contribution in [0.1, 0.15) is 12.0 Å². The monoisotopic (exact) mass is 448 g/mol. The summed E-state index contributed by atoms with van der Waals surface area (Å²) in [6.07, 6.45) is 2.66. The number of nitrogens with one attached hydrogen (secondary N) is 1. The molecule has 0 spiro atoms. The normalized spacial score (nSPS) is 18.6. The van der Waals surface area contributed by atoms with Gasteiger partial charge in [-0.2, -0.15) is 0 Å². The van der Waals surface area contributed by atoms with Crippen LogP contribution in [-0.4, -0.2) is 33.9 Å². The van der Waals surface area contributed by atoms with Gasteiger partial charge in [-0.05, 0) is 35.9 Å². The summed E-state index contributed by atoms with van der Waals surface area (Å²) >= 11 is 11.7. The summed E-state index contributed by atoms with van der Waals surface area (Å²) in [7, 11) is 0. The van der Waals surface area contributed by atoms with E-state index in [4.69, 9.17) is 23.2 Å². The molecule has 0 aliphatic carbocycles. The molecule has 1 amide bonds. The third-order valence-electron chi connectivity index (χ3n) is 5.15. The SMILES string of the molecule is C=CC(=O)N1CC[C@@](F)(c2ccc3ncnc(Nc4ccc(Cl)c(Cl)c4F)c3c2)C1. The van der Waals surface area contributed by atoms with Gasteiger partial charge < -0.3 is 10.2 Å². The minimum atomic E-state index is -1.71. The fraction of sp³-hybridized carbons (Fsp3) is 0.190. The highest BCUT2D eigenvalue weighted by Crippen LogP contribution is 2.39. The quantitative estimate of drug-likeness (QED) is 0.428. The molecule has 2 aromatic carbocycles. The summed E-state index contributed by atoms with van der Waals surface area (Å²) < 4.78 is 30.1. The van der Waals surface area contributed by atoms with E-state index in [0.29, 0.717) is 28.8 Å². The molecule has 9 heteroatoms. The standard InChI is InChI=1S/C21H16Cl2F2N4O/c1-2-17(30)29-8-7-21(25,10-29)12-3-5-15-13(9-12)20(27-11-26-15)28-16-6-4-14(22)18(23)19(16)24/h2-6,9,11H,1,7-8,10H2,(H,26,27,28)/t21-/m0/s1. The van der Waals surface area contributed by atoms with Crippen molar-refractivity contribution in [2.24, 2.45) is 0 Å². The van der Waals surface area contributed by atoms with E-state index in [2.05, 4.69) is 21.9 Å². The van der Waals surface area contributed by atoms with E-state index in [1.165, 1.54) is 29.4 Å². The second kappa shape index (κ2) is 7.81. The number of hydrogen-bond donors (Lipinski definition) is 1. The number of halogens is 4. The van der Waals surface area contributed by atoms with Gasteiger partial charge in [-0.3, -0.25) is 4.79 Å². The number of hydrogen-bond acceptors (Lipinski definition) is 4. The van der Waals surface area contributed by atoms with Gasteiger partial charge in [0.05, 0.1) is 27.8 Å². The van der Waals surface area contributed by atoms with Crippen LogP contribution in [0.2, 0.25) is 10.0 Å². The number of fused-ring (bicyclic) bond motifs is 1. The minimum Gasteiger partial charge on any atom is -0.337 e. The van der Waals surface area contributed by atoms with Crippen molar-refractivity contribution in [3.8, 4) is 0 Å². The van der Waals surface area contributed by atoms with E-state index in [0.717, 1.165) is 0 Å². The average molecular weight is 449 g/mol. The summed E-state index contributed by atoms with van der Waals surface area (Å²) in [5, 5.41) is 3.27. The van der Waals surface area contributed by atoms with E-state index >= 15 is 4.39 Å². The van der Waals surface area contributed by atoms with Crippen LogP contribution >= 0.6 is 23.2 Å². The Morgan fingerprint density at radius 3 is 2.83 bits per heavy atom. The lowest BCUT2D eigenvalue weighted by atomic mass is 9.93. The van der Waals surface area contributed by atoms with Gasteiger partial charge in [-0.25, -0.2) is 18.7 Å². The number of nitrogens with zero attached hydrogens (tertiary/aromatic N) is 3. The van der Waals surface area contributed by atoms with Gasteiger partial charge in [0.25, 0.3) is 0 Å². The second-order valence-electron chi connectivity index (χ2n) is 6.98. The van der Waals surface area contributed by atoms with E-state index in [1.807, 2.05) is 0 Å². The first-order valence-electron chi connectivity index (χ1n) is 9.08. The number of rotatable bonds is 4. The Morgan fingerprint density at radius 1 is 1.27 bits per heavy atom. The van der Waals surface area contributed by atoms with Crippen LogP contribution in [0.25, 0.3) is 10.9 Å². The molecule has 154 valence electrons. The Kier molecular flexibility index (Phi) is 5.34. The van der Waals surface area contributed by atoms with Gasteiger partial charge >= 0.3 is 0 Å². The maximum Gasteiger partial charge on any atom is 0.246 e. The lowest BCUT2D eigenvalue weighted by Gasteiger charge is -2.21. The molecule has 1 atom stereocenters. The number of benzene rings is 2. The largest absolute Gasteiger partial charge is 0.337 e. The van der Waals surface area contributed by atoms with Gasteiger partial charge in [0.15, 0.2) is 11.5 Å². The molecule has 2 heterocycles. The number of amides is 1. The molecule has 1 aromatic heterocycles. The fourth-order valence-corrected chi connectivity index (χ4v) is 3.82. The van der Waals surface area contributed by atoms with E-state index < -0.39 is 11.5 Å². The number of carbonyl (C=O) groups is 1. The molecule has 30 heavy (non-hydrogen) atoms. The van der Waals surface area contributed by atoms with Crippen LogP contribution < -0.4 is 5.32 Å². The second-order valence-corrected chi connectivity index (χ2v) is 7.77. The zero-order valence-electron chi connectivity index (χ0n) is 15.6. The van der Waals surface area contributed by atoms with Crippen LogP contribution in [0.5, 0.6) is 0 Å². The van der Waals surface area contributed by atoms with Crippen LogP contribution in [0.3, 0.4) is 0 Å². The Labute approximate surface area is 181 Å². The Morgan fingerprint density at radius 2 is 2.07 bits per heavy atom. The minimum absolute atomic E-state index is 0.0682. The summed E-state index contributed by atoms with van der Waals surface area (Å²) in [4.78, 5) is 21.6. The summed E-state index contributed by atoms with van der Waals surface area (Å²) in [6, 6.07) is 7.83. The molecular formula is C21H16Cl2F2N4O. The van der Waals surface area contributed by atoms with Gasteiger partial charge in [-0.1, -0.05) is 35.8 Å². The number of anilines is 2. The molecule has 0 radical (unpaired) electrons. The van der Waals surface area contributed by atoms with Crippen molar-refractivity contribution in [1.82, 2.24) is 14.9 Å². The van der Waals surface area contributed by atoms with E-state index in [-0.39, 0.29) is 34.6 Å². The highest BCUT2D eigenvalue weighted by atomic mass is 35.5. The zero-order chi connectivity index (χ0) is 21.5. The van der Waals surface area contributed by atoms with Crippen LogP contribution in [0, 0.1) is 5.82 Å². The van der Waals surface area contributed by atoms with Gasteiger partial charge in [0.2, 0.25) is 5.91 Å². The Hall–Kier alpha value is -2.77. The van der Waals surface area contributed by atoms with Crippen molar-refractivity contribution >= 4 is 51.5 Å². The fourth-order valence-electron chi connectivity index (χ4n) is 3.51. The predicted molar refractivity (Wildman–Crippen MR) is 113 cm³/mol. The maximum atomic E-state index is 15.7. The molecule has 1 saturated heterocycles. The first-order chi connectivity index (χ1) is 14.3. The number of likely N-dealkylation sites (tertiary alicyclic amines) is 1. The maximum absolute atomic E-state index is 15.7. The number of aromatic nitrogens is 2. The summed E-state index contributed by atoms with van der Waals surface area (Å²) in [5.41, 5.74) is -0.693. The third kappa shape index (κ3) is 3.59. The summed E-state index contributed by atoms with van der Waals surface area (Å²) in [5.74, 6) is -0.737. The molecule has 1 aliphatic heterocycles. The Bertz CT molecular complexity index is 1170. The third-order valence-corrected chi connectivity index (χ3v) is 5.93. The zero-order valence-corrected chi connectivity index (χ0v) is 17.1. The first kappa shape index (κ1) is 20.5. The van der Waals surface area contributed by atoms with Crippen molar-refractivity contribution < 1.29 is 13.6 Å². The molecule has 1 fully saturated rings. The number of alkyl halides is 1. The van der Waals surface area contributed by atoms with Crippen molar-refractivity contribution in [2.45, 2.75) is 12.1 Å². The molecule has 5 nitrogen and oxygen atoms in total. The molecule has 0 saturated carbocycles. The van der Waals surface area contributed by atoms with Crippen LogP contribution in [-0.2, 0) is 10.5 Å². The molecule has 1 aliphatic rings. The Balaban J connectivity index is 1.72. The molecule has 0 unspecified atom stereocenters.